The van der Waals surface area contributed by atoms with E-state index in [-0.39, 0.29) is 5.91 Å². The first kappa shape index (κ1) is 20.8. The fraction of sp³-hybridized carbons (Fsp3) is 0.536. The molecule has 0 radical (unpaired) electrons. The van der Waals surface area contributed by atoms with Crippen molar-refractivity contribution >= 4 is 17.3 Å². The third kappa shape index (κ3) is 4.43. The highest BCUT2D eigenvalue weighted by Crippen LogP contribution is 2.37. The second kappa shape index (κ2) is 9.56. The monoisotopic (exact) mass is 416 g/mol. The minimum atomic E-state index is 0.248. The molecule has 0 bridgehead atoms. The normalized spacial score (nSPS) is 20.2. The van der Waals surface area contributed by atoms with Crippen molar-refractivity contribution in [1.82, 2.24) is 4.90 Å². The first-order valence-electron chi connectivity index (χ1n) is 12.6. The summed E-state index contributed by atoms with van der Waals surface area (Å²) in [6.45, 7) is 0.554. The Morgan fingerprint density at radius 1 is 0.710 bits per heavy atom. The van der Waals surface area contributed by atoms with Gasteiger partial charge in [0.2, 0.25) is 5.91 Å². The van der Waals surface area contributed by atoms with Gasteiger partial charge in [-0.3, -0.25) is 14.6 Å². The van der Waals surface area contributed by atoms with Crippen molar-refractivity contribution in [2.24, 2.45) is 0 Å². The molecule has 31 heavy (non-hydrogen) atoms. The van der Waals surface area contributed by atoms with Gasteiger partial charge >= 0.3 is 0 Å². The number of para-hydroxylation sites is 2. The summed E-state index contributed by atoms with van der Waals surface area (Å²) in [6.07, 6.45) is 15.0. The highest BCUT2D eigenvalue weighted by molar-refractivity contribution is 6.03. The van der Waals surface area contributed by atoms with Crippen LogP contribution in [0.5, 0.6) is 0 Å². The van der Waals surface area contributed by atoms with E-state index in [4.69, 9.17) is 0 Å². The maximum absolute atomic E-state index is 14.1. The lowest BCUT2D eigenvalue weighted by molar-refractivity contribution is -0.120. The first-order chi connectivity index (χ1) is 15.3. The minimum absolute atomic E-state index is 0.248. The number of carbonyl (C=O) groups excluding carboxylic acids is 1. The molecule has 0 N–H and O–H groups in total. The fourth-order valence-corrected chi connectivity index (χ4v) is 6.16. The number of hydrogen-bond acceptors (Lipinski definition) is 2. The molecule has 2 aliphatic carbocycles. The number of amides is 1. The molecule has 3 aliphatic rings. The molecule has 0 spiro atoms. The summed E-state index contributed by atoms with van der Waals surface area (Å²) in [4.78, 5) is 18.7. The van der Waals surface area contributed by atoms with Crippen LogP contribution in [0.15, 0.2) is 48.5 Å². The molecule has 164 valence electrons. The Bertz CT molecular complexity index is 830. The Kier molecular flexibility index (Phi) is 6.40. The molecule has 2 aromatic rings. The smallest absolute Gasteiger partial charge is 0.245 e. The number of fused-ring (bicyclic) bond motifs is 2. The predicted octanol–water partition coefficient (Wildman–Crippen LogP) is 6.42. The average molecular weight is 417 g/mol. The van der Waals surface area contributed by atoms with Gasteiger partial charge in [-0.2, -0.15) is 0 Å². The van der Waals surface area contributed by atoms with E-state index in [1.807, 2.05) is 0 Å². The quantitative estimate of drug-likeness (QED) is 0.574. The molecule has 2 fully saturated rings. The Balaban J connectivity index is 1.47. The van der Waals surface area contributed by atoms with Crippen LogP contribution in [0.1, 0.15) is 75.3 Å². The van der Waals surface area contributed by atoms with E-state index in [0.717, 1.165) is 24.2 Å². The van der Waals surface area contributed by atoms with E-state index >= 15 is 0 Å². The van der Waals surface area contributed by atoms with Crippen LogP contribution in [-0.2, 0) is 17.6 Å². The lowest BCUT2D eigenvalue weighted by Gasteiger charge is -2.42. The summed E-state index contributed by atoms with van der Waals surface area (Å²) in [5.41, 5.74) is 4.75. The molecule has 0 unspecified atom stereocenters. The van der Waals surface area contributed by atoms with E-state index in [0.29, 0.717) is 18.6 Å². The summed E-state index contributed by atoms with van der Waals surface area (Å²) in [5, 5.41) is 0. The van der Waals surface area contributed by atoms with E-state index in [1.54, 1.807) is 0 Å². The number of carbonyl (C=O) groups is 1. The van der Waals surface area contributed by atoms with Gasteiger partial charge in [0.05, 0.1) is 17.9 Å². The summed E-state index contributed by atoms with van der Waals surface area (Å²) in [7, 11) is 0. The zero-order chi connectivity index (χ0) is 21.0. The van der Waals surface area contributed by atoms with Crippen molar-refractivity contribution in [2.75, 3.05) is 11.4 Å². The lowest BCUT2D eigenvalue weighted by atomic mass is 9.88. The summed E-state index contributed by atoms with van der Waals surface area (Å²) >= 11 is 0. The number of benzene rings is 2. The molecule has 0 saturated heterocycles. The molecule has 1 heterocycles. The van der Waals surface area contributed by atoms with Gasteiger partial charge in [-0.15, -0.1) is 0 Å². The van der Waals surface area contributed by atoms with E-state index in [1.165, 1.54) is 75.3 Å². The van der Waals surface area contributed by atoms with Gasteiger partial charge < -0.3 is 0 Å². The van der Waals surface area contributed by atoms with Crippen molar-refractivity contribution < 1.29 is 4.79 Å². The van der Waals surface area contributed by atoms with E-state index in [2.05, 4.69) is 58.3 Å². The summed E-state index contributed by atoms with van der Waals surface area (Å²) < 4.78 is 0. The molecule has 1 amide bonds. The van der Waals surface area contributed by atoms with Crippen molar-refractivity contribution in [2.45, 2.75) is 89.1 Å². The van der Waals surface area contributed by atoms with Crippen molar-refractivity contribution in [3.05, 3.63) is 59.7 Å². The van der Waals surface area contributed by atoms with Gasteiger partial charge in [-0.25, -0.2) is 0 Å². The number of anilines is 2. The number of rotatable bonds is 4. The van der Waals surface area contributed by atoms with Gasteiger partial charge in [0.25, 0.3) is 0 Å². The molecule has 2 aromatic carbocycles. The maximum Gasteiger partial charge on any atom is 0.245 e. The third-order valence-corrected chi connectivity index (χ3v) is 7.78. The average Bonchev–Trinajstić information content (AvgIpc) is 3.00. The van der Waals surface area contributed by atoms with Crippen LogP contribution in [0.2, 0.25) is 0 Å². The van der Waals surface area contributed by atoms with Crippen LogP contribution in [0, 0.1) is 0 Å². The second-order valence-corrected chi connectivity index (χ2v) is 9.74. The molecular weight excluding hydrogens is 380 g/mol. The van der Waals surface area contributed by atoms with Gasteiger partial charge in [0, 0.05) is 12.1 Å². The van der Waals surface area contributed by atoms with Crippen LogP contribution in [0.4, 0.5) is 11.4 Å². The Morgan fingerprint density at radius 3 is 1.65 bits per heavy atom. The summed E-state index contributed by atoms with van der Waals surface area (Å²) in [6, 6.07) is 18.2. The fourth-order valence-electron chi connectivity index (χ4n) is 6.16. The van der Waals surface area contributed by atoms with Crippen molar-refractivity contribution in [3.63, 3.8) is 0 Å². The highest BCUT2D eigenvalue weighted by Gasteiger charge is 2.33. The molecular formula is C28H36N2O. The predicted molar refractivity (Wildman–Crippen MR) is 128 cm³/mol. The van der Waals surface area contributed by atoms with Crippen molar-refractivity contribution in [1.29, 1.82) is 0 Å². The maximum atomic E-state index is 14.1. The van der Waals surface area contributed by atoms with Gasteiger partial charge in [-0.1, -0.05) is 74.9 Å². The van der Waals surface area contributed by atoms with Crippen molar-refractivity contribution in [3.8, 4) is 0 Å². The molecule has 0 atom stereocenters. The molecule has 2 saturated carbocycles. The SMILES string of the molecule is O=C(CN(C1CCCCC1)C1CCCCC1)N1c2ccccc2CCc2ccccc21. The largest absolute Gasteiger partial charge is 0.288 e. The van der Waals surface area contributed by atoms with Gasteiger partial charge in [0.15, 0.2) is 0 Å². The topological polar surface area (TPSA) is 23.6 Å². The number of hydrogen-bond donors (Lipinski definition) is 0. The van der Waals surface area contributed by atoms with E-state index in [9.17, 15) is 4.79 Å². The highest BCUT2D eigenvalue weighted by atomic mass is 16.2. The molecule has 3 heteroatoms. The Morgan fingerprint density at radius 2 is 1.16 bits per heavy atom. The number of nitrogens with zero attached hydrogens (tertiary/aromatic N) is 2. The lowest BCUT2D eigenvalue weighted by Crippen LogP contribution is -2.50. The first-order valence-corrected chi connectivity index (χ1v) is 12.6. The van der Waals surface area contributed by atoms with Crippen LogP contribution >= 0.6 is 0 Å². The molecule has 0 aromatic heterocycles. The van der Waals surface area contributed by atoms with Crippen LogP contribution in [-0.4, -0.2) is 29.4 Å². The number of aryl methyl sites for hydroxylation is 2. The van der Waals surface area contributed by atoms with Crippen LogP contribution in [0.25, 0.3) is 0 Å². The second-order valence-electron chi connectivity index (χ2n) is 9.74. The zero-order valence-corrected chi connectivity index (χ0v) is 18.8. The minimum Gasteiger partial charge on any atom is -0.288 e. The van der Waals surface area contributed by atoms with E-state index < -0.39 is 0 Å². The van der Waals surface area contributed by atoms with Gasteiger partial charge in [-0.05, 0) is 61.8 Å². The standard InChI is InChI=1S/C28H36N2O/c31-28(21-29(24-13-3-1-4-14-24)25-15-5-2-6-16-25)30-26-17-9-7-11-22(26)19-20-23-12-8-10-18-27(23)30/h7-12,17-18,24-25H,1-6,13-16,19-21H2. The Hall–Kier alpha value is -2.13. The molecule has 5 rings (SSSR count). The Labute approximate surface area is 187 Å². The zero-order valence-electron chi connectivity index (χ0n) is 18.8. The molecule has 1 aliphatic heterocycles. The molecule has 3 nitrogen and oxygen atoms in total. The van der Waals surface area contributed by atoms with Crippen LogP contribution in [0.3, 0.4) is 0 Å². The summed E-state index contributed by atoms with van der Waals surface area (Å²) in [5.74, 6) is 0.248. The third-order valence-electron chi connectivity index (χ3n) is 7.78. The van der Waals surface area contributed by atoms with Crippen LogP contribution < -0.4 is 4.90 Å². The van der Waals surface area contributed by atoms with Gasteiger partial charge in [0.1, 0.15) is 0 Å².